The summed E-state index contributed by atoms with van der Waals surface area (Å²) >= 11 is 2.07. The molecule has 1 aromatic rings. The second-order valence-corrected chi connectivity index (χ2v) is 7.27. The number of aliphatic carboxylic acids is 1. The van der Waals surface area contributed by atoms with Crippen molar-refractivity contribution in [3.63, 3.8) is 0 Å². The molecule has 0 amide bonds. The molecule has 1 N–H and O–H groups in total. The molecule has 19 heavy (non-hydrogen) atoms. The Morgan fingerprint density at radius 1 is 1.37 bits per heavy atom. The van der Waals surface area contributed by atoms with Gasteiger partial charge in [-0.3, -0.25) is 9.10 Å². The van der Waals surface area contributed by atoms with Crippen LogP contribution in [0.2, 0.25) is 0 Å². The van der Waals surface area contributed by atoms with Crippen LogP contribution in [0.4, 0.5) is 5.69 Å². The fraction of sp³-hybridized carbons (Fsp3) is 0.417. The summed E-state index contributed by atoms with van der Waals surface area (Å²) in [7, 11) is -3.40. The molecule has 0 aliphatic rings. The maximum absolute atomic E-state index is 12.1. The lowest BCUT2D eigenvalue weighted by Gasteiger charge is -2.24. The minimum Gasteiger partial charge on any atom is -0.481 e. The van der Waals surface area contributed by atoms with Crippen LogP contribution in [-0.4, -0.2) is 31.8 Å². The molecule has 5 nitrogen and oxygen atoms in total. The van der Waals surface area contributed by atoms with Crippen molar-refractivity contribution in [2.24, 2.45) is 0 Å². The van der Waals surface area contributed by atoms with Gasteiger partial charge in [-0.25, -0.2) is 8.42 Å². The molecule has 0 atom stereocenters. The van der Waals surface area contributed by atoms with Gasteiger partial charge in [-0.2, -0.15) is 0 Å². The molecule has 7 heteroatoms. The number of halogens is 1. The second-order valence-electron chi connectivity index (χ2n) is 3.92. The number of para-hydroxylation sites is 1. The lowest BCUT2D eigenvalue weighted by molar-refractivity contribution is -0.137. The Morgan fingerprint density at radius 3 is 2.53 bits per heavy atom. The van der Waals surface area contributed by atoms with Crippen LogP contribution in [-0.2, 0) is 14.8 Å². The molecule has 0 aliphatic carbocycles. The van der Waals surface area contributed by atoms with Crippen LogP contribution >= 0.6 is 22.6 Å². The van der Waals surface area contributed by atoms with E-state index in [1.807, 2.05) is 12.1 Å². The van der Waals surface area contributed by atoms with Crippen molar-refractivity contribution in [3.05, 3.63) is 27.8 Å². The smallest absolute Gasteiger partial charge is 0.303 e. The molecule has 0 aromatic heterocycles. The number of carboxylic acids is 1. The first-order valence-corrected chi connectivity index (χ1v) is 8.54. The highest BCUT2D eigenvalue weighted by atomic mass is 127. The zero-order valence-corrected chi connectivity index (χ0v) is 13.5. The SMILES string of the molecule is CCS(=O)(=O)N(CCCC(=O)O)c1ccccc1I. The van der Waals surface area contributed by atoms with E-state index in [0.717, 1.165) is 3.57 Å². The van der Waals surface area contributed by atoms with E-state index in [-0.39, 0.29) is 18.7 Å². The fourth-order valence-corrected chi connectivity index (χ4v) is 3.61. The summed E-state index contributed by atoms with van der Waals surface area (Å²) in [5, 5.41) is 8.64. The summed E-state index contributed by atoms with van der Waals surface area (Å²) in [5.74, 6) is -0.929. The largest absolute Gasteiger partial charge is 0.481 e. The lowest BCUT2D eigenvalue weighted by atomic mass is 10.3. The van der Waals surface area contributed by atoms with Crippen LogP contribution in [0.15, 0.2) is 24.3 Å². The molecular weight excluding hydrogens is 381 g/mol. The molecule has 0 saturated heterocycles. The minimum atomic E-state index is -3.40. The van der Waals surface area contributed by atoms with E-state index in [2.05, 4.69) is 22.6 Å². The Labute approximate surface area is 126 Å². The van der Waals surface area contributed by atoms with Crippen molar-refractivity contribution in [3.8, 4) is 0 Å². The van der Waals surface area contributed by atoms with Gasteiger partial charge in [0, 0.05) is 16.5 Å². The molecular formula is C12H16INO4S. The fourth-order valence-electron chi connectivity index (χ4n) is 1.59. The number of nitrogens with zero attached hydrogens (tertiary/aromatic N) is 1. The average Bonchev–Trinajstić information content (AvgIpc) is 2.35. The predicted octanol–water partition coefficient (Wildman–Crippen LogP) is 2.31. The number of carboxylic acid groups (broad SMARTS) is 1. The standard InChI is InChI=1S/C12H16INO4S/c1-2-19(17,18)14(9-5-8-12(15)16)11-7-4-3-6-10(11)13/h3-4,6-7H,2,5,8-9H2,1H3,(H,15,16). The third-order valence-corrected chi connectivity index (χ3v) is 5.27. The summed E-state index contributed by atoms with van der Waals surface area (Å²) in [6.45, 7) is 1.76. The van der Waals surface area contributed by atoms with E-state index < -0.39 is 16.0 Å². The molecule has 0 spiro atoms. The number of carbonyl (C=O) groups is 1. The monoisotopic (exact) mass is 397 g/mol. The molecule has 0 saturated carbocycles. The van der Waals surface area contributed by atoms with Crippen LogP contribution in [0.3, 0.4) is 0 Å². The van der Waals surface area contributed by atoms with E-state index >= 15 is 0 Å². The highest BCUT2D eigenvalue weighted by molar-refractivity contribution is 14.1. The van der Waals surface area contributed by atoms with Gasteiger partial charge in [0.25, 0.3) is 0 Å². The number of hydrogen-bond donors (Lipinski definition) is 1. The third kappa shape index (κ3) is 4.64. The zero-order valence-electron chi connectivity index (χ0n) is 10.5. The quantitative estimate of drug-likeness (QED) is 0.717. The Balaban J connectivity index is 3.00. The van der Waals surface area contributed by atoms with Gasteiger partial charge in [0.1, 0.15) is 0 Å². The maximum Gasteiger partial charge on any atom is 0.303 e. The van der Waals surface area contributed by atoms with Crippen molar-refractivity contribution in [2.75, 3.05) is 16.6 Å². The maximum atomic E-state index is 12.1. The van der Waals surface area contributed by atoms with Gasteiger partial charge in [-0.15, -0.1) is 0 Å². The summed E-state index contributed by atoms with van der Waals surface area (Å²) in [5.41, 5.74) is 0.607. The van der Waals surface area contributed by atoms with Crippen LogP contribution < -0.4 is 4.31 Å². The highest BCUT2D eigenvalue weighted by Crippen LogP contribution is 2.25. The van der Waals surface area contributed by atoms with Crippen molar-refractivity contribution in [1.82, 2.24) is 0 Å². The minimum absolute atomic E-state index is 0.00888. The highest BCUT2D eigenvalue weighted by Gasteiger charge is 2.22. The van der Waals surface area contributed by atoms with Gasteiger partial charge in [0.05, 0.1) is 11.4 Å². The lowest BCUT2D eigenvalue weighted by Crippen LogP contribution is -2.34. The molecule has 0 heterocycles. The second kappa shape index (κ2) is 7.09. The first-order valence-electron chi connectivity index (χ1n) is 5.85. The van der Waals surface area contributed by atoms with Crippen molar-refractivity contribution >= 4 is 44.3 Å². The Morgan fingerprint density at radius 2 is 2.00 bits per heavy atom. The molecule has 106 valence electrons. The molecule has 1 rings (SSSR count). The van der Waals surface area contributed by atoms with Gasteiger partial charge >= 0.3 is 5.97 Å². The number of hydrogen-bond acceptors (Lipinski definition) is 3. The van der Waals surface area contributed by atoms with Gasteiger partial charge < -0.3 is 5.11 Å². The number of anilines is 1. The molecule has 1 aromatic carbocycles. The molecule has 0 unspecified atom stereocenters. The van der Waals surface area contributed by atoms with E-state index in [9.17, 15) is 13.2 Å². The zero-order chi connectivity index (χ0) is 14.5. The predicted molar refractivity (Wildman–Crippen MR) is 82.8 cm³/mol. The Bertz CT molecular complexity index is 544. The van der Waals surface area contributed by atoms with Gasteiger partial charge in [0.2, 0.25) is 10.0 Å². The normalized spacial score (nSPS) is 11.3. The molecule has 0 radical (unpaired) electrons. The van der Waals surface area contributed by atoms with Gasteiger partial charge in [-0.05, 0) is 48.1 Å². The Kier molecular flexibility index (Phi) is 6.05. The number of rotatable bonds is 7. The van der Waals surface area contributed by atoms with Crippen LogP contribution in [0.25, 0.3) is 0 Å². The van der Waals surface area contributed by atoms with Crippen LogP contribution in [0.5, 0.6) is 0 Å². The topological polar surface area (TPSA) is 74.7 Å². The summed E-state index contributed by atoms with van der Waals surface area (Å²) in [6, 6.07) is 7.16. The summed E-state index contributed by atoms with van der Waals surface area (Å²) < 4.78 is 26.3. The first-order chi connectivity index (χ1) is 8.88. The number of benzene rings is 1. The summed E-state index contributed by atoms with van der Waals surface area (Å²) in [6.07, 6.45) is 0.249. The third-order valence-electron chi connectivity index (χ3n) is 2.57. The van der Waals surface area contributed by atoms with E-state index in [1.54, 1.807) is 19.1 Å². The molecule has 0 fully saturated rings. The van der Waals surface area contributed by atoms with E-state index in [0.29, 0.717) is 12.1 Å². The van der Waals surface area contributed by atoms with E-state index in [1.165, 1.54) is 4.31 Å². The molecule has 0 bridgehead atoms. The van der Waals surface area contributed by atoms with Crippen molar-refractivity contribution in [1.29, 1.82) is 0 Å². The number of sulfonamides is 1. The van der Waals surface area contributed by atoms with Gasteiger partial charge in [-0.1, -0.05) is 12.1 Å². The van der Waals surface area contributed by atoms with Crippen molar-refractivity contribution in [2.45, 2.75) is 19.8 Å². The average molecular weight is 397 g/mol. The first kappa shape index (κ1) is 16.2. The Hall–Kier alpha value is -0.830. The van der Waals surface area contributed by atoms with Gasteiger partial charge in [0.15, 0.2) is 0 Å². The van der Waals surface area contributed by atoms with E-state index in [4.69, 9.17) is 5.11 Å². The summed E-state index contributed by atoms with van der Waals surface area (Å²) in [4.78, 5) is 10.5. The van der Waals surface area contributed by atoms with Crippen LogP contribution in [0, 0.1) is 3.57 Å². The van der Waals surface area contributed by atoms with Crippen molar-refractivity contribution < 1.29 is 18.3 Å². The molecule has 0 aliphatic heterocycles. The van der Waals surface area contributed by atoms with Crippen LogP contribution in [0.1, 0.15) is 19.8 Å².